The lowest BCUT2D eigenvalue weighted by Crippen LogP contribution is -2.35. The van der Waals surface area contributed by atoms with Crippen LogP contribution in [0.5, 0.6) is 0 Å². The standard InChI is InChI=1S/C15H24N4O2/c1-12-5-3-7-19(10-12)14-9-13(17-11-18-14)15(20)16-6-4-8-21-2/h9,11-12H,3-8,10H2,1-2H3,(H,16,20). The minimum Gasteiger partial charge on any atom is -0.385 e. The molecule has 1 aromatic heterocycles. The first kappa shape index (κ1) is 15.7. The van der Waals surface area contributed by atoms with Crippen LogP contribution in [0.15, 0.2) is 12.4 Å². The van der Waals surface area contributed by atoms with E-state index in [1.165, 1.54) is 19.2 Å². The minimum absolute atomic E-state index is 0.153. The van der Waals surface area contributed by atoms with E-state index in [9.17, 15) is 4.79 Å². The number of hydrogen-bond donors (Lipinski definition) is 1. The molecule has 0 bridgehead atoms. The zero-order chi connectivity index (χ0) is 15.1. The van der Waals surface area contributed by atoms with Crippen molar-refractivity contribution >= 4 is 11.7 Å². The average Bonchev–Trinajstić information content (AvgIpc) is 2.51. The Hall–Kier alpha value is -1.69. The lowest BCUT2D eigenvalue weighted by molar-refractivity contribution is 0.0943. The molecule has 0 aromatic carbocycles. The molecular weight excluding hydrogens is 268 g/mol. The summed E-state index contributed by atoms with van der Waals surface area (Å²) in [6.07, 6.45) is 4.70. The van der Waals surface area contributed by atoms with Crippen molar-refractivity contribution in [3.8, 4) is 0 Å². The zero-order valence-electron chi connectivity index (χ0n) is 12.8. The van der Waals surface area contributed by atoms with Crippen molar-refractivity contribution < 1.29 is 9.53 Å². The van der Waals surface area contributed by atoms with Gasteiger partial charge in [-0.3, -0.25) is 4.79 Å². The number of nitrogens with zero attached hydrogens (tertiary/aromatic N) is 3. The van der Waals surface area contributed by atoms with Crippen molar-refractivity contribution in [2.45, 2.75) is 26.2 Å². The molecule has 0 aliphatic carbocycles. The van der Waals surface area contributed by atoms with Gasteiger partial charge in [-0.25, -0.2) is 9.97 Å². The van der Waals surface area contributed by atoms with Gasteiger partial charge in [-0.2, -0.15) is 0 Å². The Labute approximate surface area is 125 Å². The van der Waals surface area contributed by atoms with Gasteiger partial charge in [-0.15, -0.1) is 0 Å². The Morgan fingerprint density at radius 3 is 3.14 bits per heavy atom. The second-order valence-corrected chi connectivity index (χ2v) is 5.56. The van der Waals surface area contributed by atoms with Gasteiger partial charge in [0.15, 0.2) is 0 Å². The maximum absolute atomic E-state index is 12.0. The van der Waals surface area contributed by atoms with E-state index in [2.05, 4.69) is 27.1 Å². The SMILES string of the molecule is COCCCNC(=O)c1cc(N2CCCC(C)C2)ncn1. The summed E-state index contributed by atoms with van der Waals surface area (Å²) in [4.78, 5) is 22.7. The van der Waals surface area contributed by atoms with Crippen LogP contribution < -0.4 is 10.2 Å². The summed E-state index contributed by atoms with van der Waals surface area (Å²) in [6.45, 7) is 5.46. The van der Waals surface area contributed by atoms with E-state index in [4.69, 9.17) is 4.74 Å². The number of ether oxygens (including phenoxy) is 1. The number of amides is 1. The monoisotopic (exact) mass is 292 g/mol. The summed E-state index contributed by atoms with van der Waals surface area (Å²) >= 11 is 0. The Morgan fingerprint density at radius 2 is 2.38 bits per heavy atom. The van der Waals surface area contributed by atoms with Crippen molar-refractivity contribution in [3.63, 3.8) is 0 Å². The van der Waals surface area contributed by atoms with Crippen LogP contribution in [0.25, 0.3) is 0 Å². The first-order chi connectivity index (χ1) is 10.2. The third kappa shape index (κ3) is 4.67. The molecule has 2 heterocycles. The number of carbonyl (C=O) groups excluding carboxylic acids is 1. The van der Waals surface area contributed by atoms with Crippen LogP contribution in [0.1, 0.15) is 36.7 Å². The molecule has 1 atom stereocenters. The second kappa shape index (κ2) is 7.93. The molecule has 1 N–H and O–H groups in total. The first-order valence-corrected chi connectivity index (χ1v) is 7.55. The van der Waals surface area contributed by atoms with Crippen LogP contribution in [0.3, 0.4) is 0 Å². The first-order valence-electron chi connectivity index (χ1n) is 7.55. The molecule has 1 aliphatic rings. The van der Waals surface area contributed by atoms with Crippen molar-refractivity contribution in [3.05, 3.63) is 18.1 Å². The molecule has 1 aromatic rings. The van der Waals surface area contributed by atoms with E-state index >= 15 is 0 Å². The predicted octanol–water partition coefficient (Wildman–Crippen LogP) is 1.48. The van der Waals surface area contributed by atoms with Crippen LogP contribution in [-0.2, 0) is 4.74 Å². The van der Waals surface area contributed by atoms with Gasteiger partial charge in [0.05, 0.1) is 0 Å². The minimum atomic E-state index is -0.153. The van der Waals surface area contributed by atoms with Crippen molar-refractivity contribution in [2.75, 3.05) is 38.3 Å². The molecule has 6 nitrogen and oxygen atoms in total. The Kier molecular flexibility index (Phi) is 5.92. The highest BCUT2D eigenvalue weighted by molar-refractivity contribution is 5.92. The molecule has 2 rings (SSSR count). The van der Waals surface area contributed by atoms with E-state index < -0.39 is 0 Å². The number of carbonyl (C=O) groups is 1. The summed E-state index contributed by atoms with van der Waals surface area (Å²) in [5.41, 5.74) is 0.427. The summed E-state index contributed by atoms with van der Waals surface area (Å²) in [7, 11) is 1.65. The number of aromatic nitrogens is 2. The number of rotatable bonds is 6. The highest BCUT2D eigenvalue weighted by atomic mass is 16.5. The van der Waals surface area contributed by atoms with Crippen LogP contribution in [0.4, 0.5) is 5.82 Å². The maximum Gasteiger partial charge on any atom is 0.270 e. The topological polar surface area (TPSA) is 67.3 Å². The van der Waals surface area contributed by atoms with E-state index in [1.807, 2.05) is 0 Å². The summed E-state index contributed by atoms with van der Waals surface area (Å²) in [5, 5.41) is 2.84. The van der Waals surface area contributed by atoms with Gasteiger partial charge in [-0.05, 0) is 25.2 Å². The lowest BCUT2D eigenvalue weighted by atomic mass is 10.0. The molecule has 21 heavy (non-hydrogen) atoms. The maximum atomic E-state index is 12.0. The van der Waals surface area contributed by atoms with Crippen molar-refractivity contribution in [2.24, 2.45) is 5.92 Å². The van der Waals surface area contributed by atoms with E-state index in [1.54, 1.807) is 13.2 Å². The van der Waals surface area contributed by atoms with Gasteiger partial charge in [0, 0.05) is 39.4 Å². The Bertz CT molecular complexity index is 467. The van der Waals surface area contributed by atoms with Crippen LogP contribution in [-0.4, -0.2) is 49.2 Å². The third-order valence-corrected chi connectivity index (χ3v) is 3.68. The molecule has 0 spiro atoms. The van der Waals surface area contributed by atoms with Gasteiger partial charge in [-0.1, -0.05) is 6.92 Å². The smallest absolute Gasteiger partial charge is 0.270 e. The van der Waals surface area contributed by atoms with E-state index in [-0.39, 0.29) is 5.91 Å². The van der Waals surface area contributed by atoms with E-state index in [0.29, 0.717) is 24.8 Å². The molecular formula is C15H24N4O2. The number of hydrogen-bond acceptors (Lipinski definition) is 5. The molecule has 1 aliphatic heterocycles. The van der Waals surface area contributed by atoms with E-state index in [0.717, 1.165) is 25.3 Å². The predicted molar refractivity (Wildman–Crippen MR) is 81.5 cm³/mol. The fourth-order valence-corrected chi connectivity index (χ4v) is 2.55. The molecule has 1 amide bonds. The summed E-state index contributed by atoms with van der Waals surface area (Å²) < 4.78 is 4.95. The Morgan fingerprint density at radius 1 is 1.52 bits per heavy atom. The quantitative estimate of drug-likeness (QED) is 0.804. The zero-order valence-corrected chi connectivity index (χ0v) is 12.8. The van der Waals surface area contributed by atoms with Crippen LogP contribution in [0, 0.1) is 5.92 Å². The molecule has 1 saturated heterocycles. The summed E-state index contributed by atoms with van der Waals surface area (Å²) in [6, 6.07) is 1.78. The normalized spacial score (nSPS) is 18.6. The highest BCUT2D eigenvalue weighted by Gasteiger charge is 2.18. The van der Waals surface area contributed by atoms with Gasteiger partial charge < -0.3 is 15.0 Å². The summed E-state index contributed by atoms with van der Waals surface area (Å²) in [5.74, 6) is 1.36. The van der Waals surface area contributed by atoms with Crippen molar-refractivity contribution in [1.29, 1.82) is 0 Å². The van der Waals surface area contributed by atoms with Crippen molar-refractivity contribution in [1.82, 2.24) is 15.3 Å². The fourth-order valence-electron chi connectivity index (χ4n) is 2.55. The fraction of sp³-hybridized carbons (Fsp3) is 0.667. The molecule has 116 valence electrons. The second-order valence-electron chi connectivity index (χ2n) is 5.56. The molecule has 1 unspecified atom stereocenters. The van der Waals surface area contributed by atoms with Crippen LogP contribution >= 0.6 is 0 Å². The lowest BCUT2D eigenvalue weighted by Gasteiger charge is -2.31. The molecule has 0 radical (unpaired) electrons. The molecule has 0 saturated carbocycles. The molecule has 6 heteroatoms. The highest BCUT2D eigenvalue weighted by Crippen LogP contribution is 2.21. The van der Waals surface area contributed by atoms with Gasteiger partial charge in [0.25, 0.3) is 5.91 Å². The van der Waals surface area contributed by atoms with Gasteiger partial charge in [0.2, 0.25) is 0 Å². The third-order valence-electron chi connectivity index (χ3n) is 3.68. The number of anilines is 1. The molecule has 1 fully saturated rings. The van der Waals surface area contributed by atoms with Crippen LogP contribution in [0.2, 0.25) is 0 Å². The number of nitrogens with one attached hydrogen (secondary N) is 1. The largest absolute Gasteiger partial charge is 0.385 e. The average molecular weight is 292 g/mol. The number of methoxy groups -OCH3 is 1. The van der Waals surface area contributed by atoms with Gasteiger partial charge >= 0.3 is 0 Å². The van der Waals surface area contributed by atoms with Gasteiger partial charge in [0.1, 0.15) is 17.8 Å². The Balaban J connectivity index is 1.95. The number of piperidine rings is 1.